The summed E-state index contributed by atoms with van der Waals surface area (Å²) < 4.78 is 1.10. The van der Waals surface area contributed by atoms with Gasteiger partial charge in [-0.1, -0.05) is 15.9 Å². The van der Waals surface area contributed by atoms with Crippen molar-refractivity contribution in [3.8, 4) is 0 Å². The summed E-state index contributed by atoms with van der Waals surface area (Å²) >= 11 is 3.50. The van der Waals surface area contributed by atoms with Crippen molar-refractivity contribution in [3.05, 3.63) is 34.9 Å². The van der Waals surface area contributed by atoms with Crippen LogP contribution in [0.5, 0.6) is 0 Å². The first-order valence-electron chi connectivity index (χ1n) is 6.34. The smallest absolute Gasteiger partial charge is 0.133 e. The van der Waals surface area contributed by atoms with Crippen LogP contribution < -0.4 is 10.6 Å². The van der Waals surface area contributed by atoms with E-state index in [1.54, 1.807) is 0 Å². The van der Waals surface area contributed by atoms with Gasteiger partial charge in [0.2, 0.25) is 0 Å². The summed E-state index contributed by atoms with van der Waals surface area (Å²) in [5.74, 6) is 0.980. The molecule has 1 aliphatic rings. The fourth-order valence-electron chi connectivity index (χ4n) is 2.44. The van der Waals surface area contributed by atoms with Crippen molar-refractivity contribution in [2.45, 2.75) is 18.9 Å². The molecular formula is C14H16BrN3. The highest BCUT2D eigenvalue weighted by Crippen LogP contribution is 2.24. The van der Waals surface area contributed by atoms with Crippen LogP contribution in [-0.2, 0) is 0 Å². The van der Waals surface area contributed by atoms with E-state index in [1.165, 1.54) is 23.6 Å². The Morgan fingerprint density at radius 1 is 1.39 bits per heavy atom. The van der Waals surface area contributed by atoms with E-state index in [9.17, 15) is 0 Å². The molecule has 2 heterocycles. The van der Waals surface area contributed by atoms with Crippen molar-refractivity contribution < 1.29 is 0 Å². The summed E-state index contributed by atoms with van der Waals surface area (Å²) in [5.41, 5.74) is 0. The van der Waals surface area contributed by atoms with Gasteiger partial charge in [-0.2, -0.15) is 0 Å². The van der Waals surface area contributed by atoms with E-state index in [-0.39, 0.29) is 0 Å². The molecule has 3 rings (SSSR count). The minimum atomic E-state index is 0.581. The monoisotopic (exact) mass is 305 g/mol. The number of hydrogen-bond acceptors (Lipinski definition) is 3. The number of benzene rings is 1. The second-order valence-electron chi connectivity index (χ2n) is 4.70. The Balaban J connectivity index is 1.82. The van der Waals surface area contributed by atoms with Crippen LogP contribution >= 0.6 is 15.9 Å². The number of fused-ring (bicyclic) bond motifs is 1. The van der Waals surface area contributed by atoms with Crippen molar-refractivity contribution >= 4 is 32.5 Å². The largest absolute Gasteiger partial charge is 0.368 e. The number of pyridine rings is 1. The van der Waals surface area contributed by atoms with Gasteiger partial charge in [0.25, 0.3) is 0 Å². The van der Waals surface area contributed by atoms with Gasteiger partial charge in [0.05, 0.1) is 0 Å². The summed E-state index contributed by atoms with van der Waals surface area (Å²) in [6, 6.07) is 8.91. The number of nitrogens with one attached hydrogen (secondary N) is 2. The number of aromatic nitrogens is 1. The molecule has 1 fully saturated rings. The molecule has 1 unspecified atom stereocenters. The quantitative estimate of drug-likeness (QED) is 0.914. The van der Waals surface area contributed by atoms with Crippen molar-refractivity contribution in [1.29, 1.82) is 0 Å². The zero-order chi connectivity index (χ0) is 12.4. The predicted octanol–water partition coefficient (Wildman–Crippen LogP) is 3.16. The molecular weight excluding hydrogens is 290 g/mol. The first-order chi connectivity index (χ1) is 8.83. The number of halogens is 1. The van der Waals surface area contributed by atoms with Crippen LogP contribution in [0.3, 0.4) is 0 Å². The van der Waals surface area contributed by atoms with Gasteiger partial charge in [-0.25, -0.2) is 4.98 Å². The first kappa shape index (κ1) is 11.9. The van der Waals surface area contributed by atoms with Crippen molar-refractivity contribution in [3.63, 3.8) is 0 Å². The zero-order valence-corrected chi connectivity index (χ0v) is 11.7. The lowest BCUT2D eigenvalue weighted by Crippen LogP contribution is -2.29. The average molecular weight is 306 g/mol. The molecule has 0 radical (unpaired) electrons. The molecule has 1 aliphatic heterocycles. The second-order valence-corrected chi connectivity index (χ2v) is 5.61. The fourth-order valence-corrected chi connectivity index (χ4v) is 2.82. The molecule has 0 amide bonds. The Morgan fingerprint density at radius 2 is 2.33 bits per heavy atom. The van der Waals surface area contributed by atoms with Gasteiger partial charge in [-0.05, 0) is 49.0 Å². The van der Waals surface area contributed by atoms with Gasteiger partial charge >= 0.3 is 0 Å². The minimum Gasteiger partial charge on any atom is -0.368 e. The molecule has 1 atom stereocenters. The van der Waals surface area contributed by atoms with Crippen LogP contribution in [0.25, 0.3) is 10.8 Å². The second kappa shape index (κ2) is 5.24. The topological polar surface area (TPSA) is 37.0 Å². The summed E-state index contributed by atoms with van der Waals surface area (Å²) in [5, 5.41) is 9.34. The normalized spacial score (nSPS) is 19.3. The van der Waals surface area contributed by atoms with Crippen LogP contribution in [-0.4, -0.2) is 24.1 Å². The standard InChI is InChI=1S/C14H16BrN3/c15-11-3-4-13-10(8-11)5-7-17-14(13)18-9-12-2-1-6-16-12/h3-5,7-8,12,16H,1-2,6,9H2,(H,17,18). The van der Waals surface area contributed by atoms with Crippen LogP contribution in [0.1, 0.15) is 12.8 Å². The lowest BCUT2D eigenvalue weighted by Gasteiger charge is -2.13. The molecule has 94 valence electrons. The summed E-state index contributed by atoms with van der Waals surface area (Å²) in [4.78, 5) is 4.44. The highest BCUT2D eigenvalue weighted by atomic mass is 79.9. The fraction of sp³-hybridized carbons (Fsp3) is 0.357. The third-order valence-corrected chi connectivity index (χ3v) is 3.90. The molecule has 1 aromatic heterocycles. The first-order valence-corrected chi connectivity index (χ1v) is 7.14. The van der Waals surface area contributed by atoms with Gasteiger partial charge in [-0.3, -0.25) is 0 Å². The SMILES string of the molecule is Brc1ccc2c(NCC3CCCN3)nccc2c1. The Kier molecular flexibility index (Phi) is 3.48. The number of nitrogens with zero attached hydrogens (tertiary/aromatic N) is 1. The number of rotatable bonds is 3. The van der Waals surface area contributed by atoms with Crippen molar-refractivity contribution in [1.82, 2.24) is 10.3 Å². The molecule has 0 bridgehead atoms. The van der Waals surface area contributed by atoms with Crippen LogP contribution in [0.15, 0.2) is 34.9 Å². The lowest BCUT2D eigenvalue weighted by atomic mass is 10.1. The molecule has 0 aliphatic carbocycles. The van der Waals surface area contributed by atoms with E-state index in [1.807, 2.05) is 12.3 Å². The Bertz CT molecular complexity index is 550. The van der Waals surface area contributed by atoms with Gasteiger partial charge in [0.15, 0.2) is 0 Å². The van der Waals surface area contributed by atoms with E-state index >= 15 is 0 Å². The maximum absolute atomic E-state index is 4.44. The Hall–Kier alpha value is -1.13. The molecule has 1 saturated heterocycles. The summed E-state index contributed by atoms with van der Waals surface area (Å²) in [7, 11) is 0. The third-order valence-electron chi connectivity index (χ3n) is 3.40. The molecule has 3 nitrogen and oxygen atoms in total. The molecule has 0 spiro atoms. The van der Waals surface area contributed by atoms with E-state index in [4.69, 9.17) is 0 Å². The Labute approximate surface area is 115 Å². The lowest BCUT2D eigenvalue weighted by molar-refractivity contribution is 0.633. The van der Waals surface area contributed by atoms with E-state index in [2.05, 4.69) is 49.7 Å². The molecule has 2 aromatic rings. The van der Waals surface area contributed by atoms with Gasteiger partial charge < -0.3 is 10.6 Å². The highest BCUT2D eigenvalue weighted by molar-refractivity contribution is 9.10. The molecule has 2 N–H and O–H groups in total. The van der Waals surface area contributed by atoms with Crippen molar-refractivity contribution in [2.75, 3.05) is 18.4 Å². The van der Waals surface area contributed by atoms with Crippen molar-refractivity contribution in [2.24, 2.45) is 0 Å². The third kappa shape index (κ3) is 2.49. The minimum absolute atomic E-state index is 0.581. The predicted molar refractivity (Wildman–Crippen MR) is 79.0 cm³/mol. The maximum Gasteiger partial charge on any atom is 0.133 e. The van der Waals surface area contributed by atoms with Crippen LogP contribution in [0.4, 0.5) is 5.82 Å². The summed E-state index contributed by atoms with van der Waals surface area (Å²) in [6.07, 6.45) is 4.39. The van der Waals surface area contributed by atoms with E-state index in [0.717, 1.165) is 23.4 Å². The van der Waals surface area contributed by atoms with Crippen LogP contribution in [0, 0.1) is 0 Å². The maximum atomic E-state index is 4.44. The van der Waals surface area contributed by atoms with Gasteiger partial charge in [-0.15, -0.1) is 0 Å². The van der Waals surface area contributed by atoms with E-state index in [0.29, 0.717) is 6.04 Å². The Morgan fingerprint density at radius 3 is 3.17 bits per heavy atom. The molecule has 1 aromatic carbocycles. The molecule has 18 heavy (non-hydrogen) atoms. The van der Waals surface area contributed by atoms with E-state index < -0.39 is 0 Å². The number of anilines is 1. The molecule has 4 heteroatoms. The van der Waals surface area contributed by atoms with Gasteiger partial charge in [0.1, 0.15) is 5.82 Å². The van der Waals surface area contributed by atoms with Crippen LogP contribution in [0.2, 0.25) is 0 Å². The average Bonchev–Trinajstić information content (AvgIpc) is 2.89. The number of hydrogen-bond donors (Lipinski definition) is 2. The highest BCUT2D eigenvalue weighted by Gasteiger charge is 2.13. The zero-order valence-electron chi connectivity index (χ0n) is 10.1. The summed E-state index contributed by atoms with van der Waals surface area (Å²) in [6.45, 7) is 2.09. The molecule has 0 saturated carbocycles. The van der Waals surface area contributed by atoms with Gasteiger partial charge in [0, 0.05) is 28.6 Å².